The van der Waals surface area contributed by atoms with Crippen molar-refractivity contribution in [1.29, 1.82) is 0 Å². The Bertz CT molecular complexity index is 924. The van der Waals surface area contributed by atoms with Gasteiger partial charge in [-0.2, -0.15) is 13.2 Å². The molecular weight excluding hydrogens is 418 g/mol. The van der Waals surface area contributed by atoms with Crippen LogP contribution in [0.5, 0.6) is 0 Å². The van der Waals surface area contributed by atoms with Gasteiger partial charge in [0.05, 0.1) is 5.56 Å². The van der Waals surface area contributed by atoms with E-state index in [1.807, 2.05) is 0 Å². The zero-order chi connectivity index (χ0) is 21.3. The minimum absolute atomic E-state index is 0.0203. The topological polar surface area (TPSA) is 69.6 Å². The number of carbonyl (C=O) groups is 1. The van der Waals surface area contributed by atoms with Crippen molar-refractivity contribution in [2.75, 3.05) is 7.05 Å². The molecule has 0 spiro atoms. The number of aryl methyl sites for hydroxylation is 1. The van der Waals surface area contributed by atoms with Gasteiger partial charge in [-0.1, -0.05) is 29.3 Å². The molecule has 4 nitrogen and oxygen atoms in total. The van der Waals surface area contributed by atoms with Crippen LogP contribution in [0.1, 0.15) is 27.0 Å². The van der Waals surface area contributed by atoms with Crippen molar-refractivity contribution in [3.8, 4) is 0 Å². The number of carboxylic acids is 1. The number of nitrogens with one attached hydrogen (secondary N) is 1. The number of hydrogen-bond donors (Lipinski definition) is 3. The zero-order valence-electron chi connectivity index (χ0n) is 14.7. The van der Waals surface area contributed by atoms with Crippen molar-refractivity contribution in [2.24, 2.45) is 0 Å². The molecule has 0 radical (unpaired) electrons. The summed E-state index contributed by atoms with van der Waals surface area (Å²) in [5.41, 5.74) is -3.36. The van der Waals surface area contributed by atoms with E-state index in [2.05, 4.69) is 5.32 Å². The fourth-order valence-corrected chi connectivity index (χ4v) is 3.21. The van der Waals surface area contributed by atoms with Crippen molar-refractivity contribution >= 4 is 34.9 Å². The molecule has 0 heterocycles. The SMILES string of the molecule is CN/C(=C\C(O)(c1cc(Cl)cc(Cl)c1)C(F)(F)F)c1ccc(C(=O)O)c(C)c1. The van der Waals surface area contributed by atoms with Gasteiger partial charge < -0.3 is 15.5 Å². The zero-order valence-corrected chi connectivity index (χ0v) is 16.2. The molecule has 0 fully saturated rings. The Kier molecular flexibility index (Phi) is 6.33. The summed E-state index contributed by atoms with van der Waals surface area (Å²) in [4.78, 5) is 11.1. The van der Waals surface area contributed by atoms with Crippen LogP contribution in [-0.4, -0.2) is 29.4 Å². The minimum atomic E-state index is -5.08. The number of halogens is 5. The van der Waals surface area contributed by atoms with Crippen LogP contribution in [0.3, 0.4) is 0 Å². The van der Waals surface area contributed by atoms with E-state index in [4.69, 9.17) is 28.3 Å². The molecule has 2 aromatic carbocycles. The van der Waals surface area contributed by atoms with Gasteiger partial charge in [-0.15, -0.1) is 0 Å². The van der Waals surface area contributed by atoms with Crippen LogP contribution in [0.2, 0.25) is 10.0 Å². The number of alkyl halides is 3. The summed E-state index contributed by atoms with van der Waals surface area (Å²) < 4.78 is 41.5. The summed E-state index contributed by atoms with van der Waals surface area (Å²) in [7, 11) is 1.38. The largest absolute Gasteiger partial charge is 0.478 e. The lowest BCUT2D eigenvalue weighted by Crippen LogP contribution is -2.41. The van der Waals surface area contributed by atoms with Crippen molar-refractivity contribution in [1.82, 2.24) is 5.32 Å². The molecule has 0 bridgehead atoms. The molecule has 0 saturated carbocycles. The second-order valence-corrected chi connectivity index (χ2v) is 6.94. The first kappa shape index (κ1) is 22.1. The lowest BCUT2D eigenvalue weighted by molar-refractivity contribution is -0.245. The third kappa shape index (κ3) is 4.43. The maximum Gasteiger partial charge on any atom is 0.425 e. The Hall–Kier alpha value is -2.22. The Morgan fingerprint density at radius 2 is 1.68 bits per heavy atom. The first-order valence-corrected chi connectivity index (χ1v) is 8.65. The highest BCUT2D eigenvalue weighted by molar-refractivity contribution is 6.34. The van der Waals surface area contributed by atoms with Crippen LogP contribution in [0.15, 0.2) is 42.5 Å². The molecule has 0 saturated heterocycles. The normalized spacial score (nSPS) is 14.5. The Morgan fingerprint density at radius 3 is 2.11 bits per heavy atom. The van der Waals surface area contributed by atoms with Gasteiger partial charge >= 0.3 is 12.1 Å². The molecule has 9 heteroatoms. The van der Waals surface area contributed by atoms with E-state index in [0.717, 1.165) is 12.1 Å². The Morgan fingerprint density at radius 1 is 1.11 bits per heavy atom. The maximum absolute atomic E-state index is 13.8. The molecule has 150 valence electrons. The third-order valence-corrected chi connectivity index (χ3v) is 4.56. The van der Waals surface area contributed by atoms with E-state index in [1.54, 1.807) is 0 Å². The molecule has 1 unspecified atom stereocenters. The van der Waals surface area contributed by atoms with Gasteiger partial charge in [-0.25, -0.2) is 4.79 Å². The first-order valence-electron chi connectivity index (χ1n) is 7.89. The van der Waals surface area contributed by atoms with Gasteiger partial charge in [0.25, 0.3) is 0 Å². The summed E-state index contributed by atoms with van der Waals surface area (Å²) >= 11 is 11.6. The van der Waals surface area contributed by atoms with E-state index in [1.165, 1.54) is 38.2 Å². The molecule has 2 aromatic rings. The van der Waals surface area contributed by atoms with Crippen LogP contribution in [-0.2, 0) is 5.60 Å². The number of aromatic carboxylic acids is 1. The van der Waals surface area contributed by atoms with Crippen LogP contribution < -0.4 is 5.32 Å². The van der Waals surface area contributed by atoms with Gasteiger partial charge in [-0.05, 0) is 60.0 Å². The van der Waals surface area contributed by atoms with E-state index in [0.29, 0.717) is 11.6 Å². The van der Waals surface area contributed by atoms with Crippen LogP contribution >= 0.6 is 23.2 Å². The highest BCUT2D eigenvalue weighted by atomic mass is 35.5. The molecule has 2 rings (SSSR count). The maximum atomic E-state index is 13.8. The highest BCUT2D eigenvalue weighted by Gasteiger charge is 2.54. The summed E-state index contributed by atoms with van der Waals surface area (Å²) in [6.45, 7) is 1.52. The van der Waals surface area contributed by atoms with Gasteiger partial charge in [0.15, 0.2) is 0 Å². The number of benzene rings is 2. The van der Waals surface area contributed by atoms with E-state index >= 15 is 0 Å². The van der Waals surface area contributed by atoms with Crippen molar-refractivity contribution in [2.45, 2.75) is 18.7 Å². The van der Waals surface area contributed by atoms with Gasteiger partial charge in [0.2, 0.25) is 5.60 Å². The van der Waals surface area contributed by atoms with Crippen molar-refractivity contribution in [3.63, 3.8) is 0 Å². The molecule has 0 amide bonds. The molecule has 1 atom stereocenters. The van der Waals surface area contributed by atoms with Crippen LogP contribution in [0.25, 0.3) is 5.70 Å². The van der Waals surface area contributed by atoms with E-state index in [9.17, 15) is 23.1 Å². The molecule has 0 aliphatic rings. The predicted octanol–water partition coefficient (Wildman–Crippen LogP) is 5.01. The Labute approximate surface area is 169 Å². The van der Waals surface area contributed by atoms with Gasteiger partial charge in [0.1, 0.15) is 0 Å². The molecule has 3 N–H and O–H groups in total. The highest BCUT2D eigenvalue weighted by Crippen LogP contribution is 2.43. The smallest absolute Gasteiger partial charge is 0.425 e. The Balaban J connectivity index is 2.68. The average Bonchev–Trinajstić information content (AvgIpc) is 2.57. The van der Waals surface area contributed by atoms with Crippen LogP contribution in [0, 0.1) is 6.92 Å². The monoisotopic (exact) mass is 433 g/mol. The number of rotatable bonds is 5. The number of carboxylic acid groups (broad SMARTS) is 1. The quantitative estimate of drug-likeness (QED) is 0.619. The van der Waals surface area contributed by atoms with Gasteiger partial charge in [0, 0.05) is 22.8 Å². The third-order valence-electron chi connectivity index (χ3n) is 4.13. The van der Waals surface area contributed by atoms with Crippen molar-refractivity contribution in [3.05, 3.63) is 74.8 Å². The second kappa shape index (κ2) is 8.03. The average molecular weight is 434 g/mol. The van der Waals surface area contributed by atoms with E-state index < -0.39 is 23.3 Å². The summed E-state index contributed by atoms with van der Waals surface area (Å²) in [5, 5.41) is 22.2. The van der Waals surface area contributed by atoms with Gasteiger partial charge in [-0.3, -0.25) is 0 Å². The first-order chi connectivity index (χ1) is 12.9. The fraction of sp³-hybridized carbons (Fsp3) is 0.211. The molecule has 28 heavy (non-hydrogen) atoms. The van der Waals surface area contributed by atoms with E-state index in [-0.39, 0.29) is 26.9 Å². The van der Waals surface area contributed by atoms with Crippen molar-refractivity contribution < 1.29 is 28.2 Å². The summed E-state index contributed by atoms with van der Waals surface area (Å²) in [6.07, 6.45) is -4.48. The predicted molar refractivity (Wildman–Crippen MR) is 102 cm³/mol. The molecule has 0 aliphatic heterocycles. The number of hydrogen-bond acceptors (Lipinski definition) is 3. The standard InChI is InChI=1S/C19H16Cl2F3NO3/c1-10-5-11(3-4-15(10)17(26)27)16(25-2)9-18(28,19(22,23)24)12-6-13(20)8-14(21)7-12/h3-9,25,28H,1-2H3,(H,26,27)/b16-9-. The second-order valence-electron chi connectivity index (χ2n) is 6.07. The molecule has 0 aliphatic carbocycles. The minimum Gasteiger partial charge on any atom is -0.478 e. The lowest BCUT2D eigenvalue weighted by atomic mass is 9.90. The lowest BCUT2D eigenvalue weighted by Gasteiger charge is -2.29. The molecule has 0 aromatic heterocycles. The van der Waals surface area contributed by atoms with Crippen LogP contribution in [0.4, 0.5) is 13.2 Å². The number of aliphatic hydroxyl groups is 1. The summed E-state index contributed by atoms with van der Waals surface area (Å²) in [6, 6.07) is 7.24. The fourth-order valence-electron chi connectivity index (χ4n) is 2.68. The molecular formula is C19H16Cl2F3NO3. The summed E-state index contributed by atoms with van der Waals surface area (Å²) in [5.74, 6) is -1.15.